The number of aliphatic imine (C=N–C) groups is 1. The molecule has 0 amide bonds. The highest BCUT2D eigenvalue weighted by molar-refractivity contribution is 5.83. The largest absolute Gasteiger partial charge is 0.507 e. The highest BCUT2D eigenvalue weighted by atomic mass is 16.5. The Bertz CT molecular complexity index is 295. The van der Waals surface area contributed by atoms with Crippen molar-refractivity contribution in [2.24, 2.45) is 4.99 Å². The van der Waals surface area contributed by atoms with Gasteiger partial charge in [-0.15, -0.1) is 0 Å². The minimum atomic E-state index is 0.181. The van der Waals surface area contributed by atoms with E-state index in [1.807, 2.05) is 13.8 Å². The quantitative estimate of drug-likeness (QED) is 0.736. The normalized spacial score (nSPS) is 9.43. The first-order chi connectivity index (χ1) is 6.77. The van der Waals surface area contributed by atoms with Crippen LogP contribution >= 0.6 is 0 Å². The van der Waals surface area contributed by atoms with Gasteiger partial charge in [-0.05, 0) is 12.1 Å². The molecule has 0 heterocycles. The molecule has 0 fully saturated rings. The van der Waals surface area contributed by atoms with E-state index in [2.05, 4.69) is 4.99 Å². The van der Waals surface area contributed by atoms with Crippen LogP contribution in [0.4, 0.5) is 0 Å². The van der Waals surface area contributed by atoms with E-state index in [4.69, 9.17) is 4.74 Å². The number of nitrogens with zero attached hydrogens (tertiary/aromatic N) is 1. The molecule has 0 aliphatic carbocycles. The van der Waals surface area contributed by atoms with E-state index in [1.165, 1.54) is 0 Å². The van der Waals surface area contributed by atoms with E-state index in [-0.39, 0.29) is 5.75 Å². The van der Waals surface area contributed by atoms with Crippen LogP contribution in [0.15, 0.2) is 23.2 Å². The molecule has 1 aromatic rings. The van der Waals surface area contributed by atoms with Crippen molar-refractivity contribution in [3.63, 3.8) is 0 Å². The summed E-state index contributed by atoms with van der Waals surface area (Å²) in [4.78, 5) is 3.80. The van der Waals surface area contributed by atoms with Crippen LogP contribution in [0.2, 0.25) is 0 Å². The zero-order valence-corrected chi connectivity index (χ0v) is 9.11. The van der Waals surface area contributed by atoms with Gasteiger partial charge in [0.1, 0.15) is 11.5 Å². The summed E-state index contributed by atoms with van der Waals surface area (Å²) in [5, 5.41) is 9.38. The lowest BCUT2D eigenvalue weighted by molar-refractivity contribution is 0.407. The average molecular weight is 195 g/mol. The monoisotopic (exact) mass is 195 g/mol. The van der Waals surface area contributed by atoms with Gasteiger partial charge in [-0.2, -0.15) is 0 Å². The second kappa shape index (κ2) is 6.95. The van der Waals surface area contributed by atoms with Crippen LogP contribution in [0.1, 0.15) is 19.4 Å². The van der Waals surface area contributed by atoms with Gasteiger partial charge in [-0.25, -0.2) is 0 Å². The zero-order chi connectivity index (χ0) is 11.0. The van der Waals surface area contributed by atoms with E-state index in [0.717, 1.165) is 0 Å². The smallest absolute Gasteiger partial charge is 0.128 e. The molecule has 0 spiro atoms. The molecule has 0 saturated heterocycles. The number of phenolic OH excluding ortho intramolecular Hbond substituents is 1. The molecule has 0 bridgehead atoms. The van der Waals surface area contributed by atoms with E-state index in [0.29, 0.717) is 11.3 Å². The molecule has 1 N–H and O–H groups in total. The third-order valence-electron chi connectivity index (χ3n) is 1.51. The second-order valence-corrected chi connectivity index (χ2v) is 2.31. The van der Waals surface area contributed by atoms with Crippen molar-refractivity contribution >= 4 is 6.21 Å². The molecule has 0 unspecified atom stereocenters. The molecule has 3 nitrogen and oxygen atoms in total. The minimum Gasteiger partial charge on any atom is -0.507 e. The van der Waals surface area contributed by atoms with E-state index >= 15 is 0 Å². The van der Waals surface area contributed by atoms with Crippen LogP contribution < -0.4 is 4.74 Å². The van der Waals surface area contributed by atoms with Gasteiger partial charge in [0.05, 0.1) is 7.11 Å². The first kappa shape index (κ1) is 12.5. The number of rotatable bonds is 2. The topological polar surface area (TPSA) is 41.8 Å². The van der Waals surface area contributed by atoms with Gasteiger partial charge < -0.3 is 9.84 Å². The minimum absolute atomic E-state index is 0.181. The molecule has 1 rings (SSSR count). The van der Waals surface area contributed by atoms with Crippen LogP contribution in [0, 0.1) is 0 Å². The summed E-state index contributed by atoms with van der Waals surface area (Å²) < 4.78 is 4.92. The van der Waals surface area contributed by atoms with Crippen molar-refractivity contribution in [2.75, 3.05) is 14.2 Å². The van der Waals surface area contributed by atoms with Crippen molar-refractivity contribution in [3.05, 3.63) is 23.8 Å². The SMILES string of the molecule is CC.CN=Cc1ccc(OC)cc1O. The third-order valence-corrected chi connectivity index (χ3v) is 1.51. The molecular weight excluding hydrogens is 178 g/mol. The summed E-state index contributed by atoms with van der Waals surface area (Å²) in [7, 11) is 3.21. The summed E-state index contributed by atoms with van der Waals surface area (Å²) in [6.45, 7) is 4.00. The van der Waals surface area contributed by atoms with E-state index in [9.17, 15) is 5.11 Å². The highest BCUT2D eigenvalue weighted by Crippen LogP contribution is 2.21. The molecule has 3 heteroatoms. The van der Waals surface area contributed by atoms with Gasteiger partial charge >= 0.3 is 0 Å². The molecule has 0 radical (unpaired) electrons. The number of phenols is 1. The first-order valence-corrected chi connectivity index (χ1v) is 4.57. The fraction of sp³-hybridized carbons (Fsp3) is 0.364. The average Bonchev–Trinajstić information content (AvgIpc) is 2.24. The Kier molecular flexibility index (Phi) is 6.20. The Morgan fingerprint density at radius 3 is 2.43 bits per heavy atom. The number of aromatic hydroxyl groups is 1. The predicted molar refractivity (Wildman–Crippen MR) is 59.5 cm³/mol. The van der Waals surface area contributed by atoms with Crippen LogP contribution in [-0.2, 0) is 0 Å². The standard InChI is InChI=1S/C9H11NO2.C2H6/c1-10-6-7-3-4-8(12-2)5-9(7)11;1-2/h3-6,11H,1-2H3;1-2H3. The third kappa shape index (κ3) is 3.47. The highest BCUT2D eigenvalue weighted by Gasteiger charge is 1.98. The van der Waals surface area contributed by atoms with Gasteiger partial charge in [0.2, 0.25) is 0 Å². The number of ether oxygens (including phenoxy) is 1. The number of hydrogen-bond acceptors (Lipinski definition) is 3. The van der Waals surface area contributed by atoms with Gasteiger partial charge in [0.25, 0.3) is 0 Å². The maximum Gasteiger partial charge on any atom is 0.128 e. The lowest BCUT2D eigenvalue weighted by Crippen LogP contribution is -1.85. The van der Waals surface area contributed by atoms with Gasteiger partial charge in [0, 0.05) is 24.9 Å². The van der Waals surface area contributed by atoms with Gasteiger partial charge in [0.15, 0.2) is 0 Å². The Labute approximate surface area is 85.1 Å². The lowest BCUT2D eigenvalue weighted by atomic mass is 10.2. The summed E-state index contributed by atoms with van der Waals surface area (Å²) >= 11 is 0. The van der Waals surface area contributed by atoms with Crippen molar-refractivity contribution in [1.82, 2.24) is 0 Å². The molecule has 14 heavy (non-hydrogen) atoms. The van der Waals surface area contributed by atoms with Gasteiger partial charge in [-0.3, -0.25) is 4.99 Å². The maximum absolute atomic E-state index is 9.38. The molecule has 0 aliphatic heterocycles. The molecule has 78 valence electrons. The number of hydrogen-bond donors (Lipinski definition) is 1. The van der Waals surface area contributed by atoms with Crippen LogP contribution in [0.3, 0.4) is 0 Å². The van der Waals surface area contributed by atoms with Crippen molar-refractivity contribution in [1.29, 1.82) is 0 Å². The summed E-state index contributed by atoms with van der Waals surface area (Å²) in [5.74, 6) is 0.820. The first-order valence-electron chi connectivity index (χ1n) is 4.57. The Balaban J connectivity index is 0.000000791. The van der Waals surface area contributed by atoms with Crippen LogP contribution in [0.5, 0.6) is 11.5 Å². The molecule has 0 aromatic heterocycles. The zero-order valence-electron chi connectivity index (χ0n) is 9.11. The fourth-order valence-corrected chi connectivity index (χ4v) is 0.899. The molecule has 1 aromatic carbocycles. The molecular formula is C11H17NO2. The van der Waals surface area contributed by atoms with E-state index < -0.39 is 0 Å². The summed E-state index contributed by atoms with van der Waals surface area (Å²) in [5.41, 5.74) is 0.693. The molecule has 0 saturated carbocycles. The van der Waals surface area contributed by atoms with Crippen LogP contribution in [0.25, 0.3) is 0 Å². The number of benzene rings is 1. The van der Waals surface area contributed by atoms with Gasteiger partial charge in [-0.1, -0.05) is 13.8 Å². The summed E-state index contributed by atoms with van der Waals surface area (Å²) in [6, 6.07) is 5.08. The van der Waals surface area contributed by atoms with Crippen molar-refractivity contribution in [2.45, 2.75) is 13.8 Å². The van der Waals surface area contributed by atoms with Crippen molar-refractivity contribution < 1.29 is 9.84 Å². The van der Waals surface area contributed by atoms with Crippen molar-refractivity contribution in [3.8, 4) is 11.5 Å². The Morgan fingerprint density at radius 2 is 2.00 bits per heavy atom. The Morgan fingerprint density at radius 1 is 1.36 bits per heavy atom. The Hall–Kier alpha value is -1.51. The van der Waals surface area contributed by atoms with Crippen LogP contribution in [-0.4, -0.2) is 25.5 Å². The second-order valence-electron chi connectivity index (χ2n) is 2.31. The predicted octanol–water partition coefficient (Wildman–Crippen LogP) is 2.48. The maximum atomic E-state index is 9.38. The molecule has 0 atom stereocenters. The van der Waals surface area contributed by atoms with E-state index in [1.54, 1.807) is 38.6 Å². The fourth-order valence-electron chi connectivity index (χ4n) is 0.899. The number of methoxy groups -OCH3 is 1. The summed E-state index contributed by atoms with van der Waals surface area (Å²) in [6.07, 6.45) is 1.59. The lowest BCUT2D eigenvalue weighted by Gasteiger charge is -2.01. The molecule has 0 aliphatic rings.